The summed E-state index contributed by atoms with van der Waals surface area (Å²) in [5.74, 6) is 0.0527. The number of halogens is 3. The highest BCUT2D eigenvalue weighted by Gasteiger charge is 2.30. The Labute approximate surface area is 183 Å². The van der Waals surface area contributed by atoms with Crippen LogP contribution in [0, 0.1) is 0 Å². The first-order valence-electron chi connectivity index (χ1n) is 9.78. The summed E-state index contributed by atoms with van der Waals surface area (Å²) in [5.41, 5.74) is 0.473. The molecule has 0 aliphatic heterocycles. The smallest absolute Gasteiger partial charge is 0.416 e. The average Bonchev–Trinajstić information content (AvgIpc) is 2.79. The van der Waals surface area contributed by atoms with Crippen LogP contribution in [0.3, 0.4) is 0 Å². The lowest BCUT2D eigenvalue weighted by atomic mass is 10.1. The molecule has 0 radical (unpaired) electrons. The number of para-hydroxylation sites is 2. The number of pyridine rings is 1. The predicted molar refractivity (Wildman–Crippen MR) is 116 cm³/mol. The molecule has 1 amide bonds. The van der Waals surface area contributed by atoms with E-state index < -0.39 is 17.6 Å². The van der Waals surface area contributed by atoms with Gasteiger partial charge in [0.1, 0.15) is 5.75 Å². The summed E-state index contributed by atoms with van der Waals surface area (Å²) in [6.45, 7) is 2.46. The van der Waals surface area contributed by atoms with Crippen molar-refractivity contribution in [2.24, 2.45) is 4.99 Å². The van der Waals surface area contributed by atoms with Crippen LogP contribution < -0.4 is 15.4 Å². The van der Waals surface area contributed by atoms with Gasteiger partial charge in [-0.3, -0.25) is 15.1 Å². The minimum Gasteiger partial charge on any atom is -0.492 e. The van der Waals surface area contributed by atoms with Gasteiger partial charge in [0.25, 0.3) is 5.91 Å². The summed E-state index contributed by atoms with van der Waals surface area (Å²) < 4.78 is 43.9. The minimum absolute atomic E-state index is 0.0587. The molecule has 0 aliphatic rings. The summed E-state index contributed by atoms with van der Waals surface area (Å²) in [6.07, 6.45) is -2.85. The second-order valence-electron chi connectivity index (χ2n) is 6.57. The molecule has 3 rings (SSSR count). The Kier molecular flexibility index (Phi) is 7.43. The molecular formula is C23H21F3N4O2. The molecule has 2 aromatic carbocycles. The first kappa shape index (κ1) is 22.8. The second-order valence-corrected chi connectivity index (χ2v) is 6.57. The lowest BCUT2D eigenvalue weighted by Crippen LogP contribution is -2.36. The molecule has 1 heterocycles. The third kappa shape index (κ3) is 6.31. The number of hydrogen-bond acceptors (Lipinski definition) is 4. The van der Waals surface area contributed by atoms with E-state index >= 15 is 0 Å². The second kappa shape index (κ2) is 10.4. The molecule has 2 N–H and O–H groups in total. The van der Waals surface area contributed by atoms with Crippen LogP contribution in [0.5, 0.6) is 5.75 Å². The third-order valence-electron chi connectivity index (χ3n) is 4.27. The number of benzene rings is 2. The number of carbonyl (C=O) groups excluding carboxylic acids is 1. The van der Waals surface area contributed by atoms with Gasteiger partial charge >= 0.3 is 6.18 Å². The van der Waals surface area contributed by atoms with Gasteiger partial charge in [0.05, 0.1) is 30.1 Å². The Morgan fingerprint density at radius 3 is 2.41 bits per heavy atom. The average molecular weight is 442 g/mol. The molecule has 0 fully saturated rings. The van der Waals surface area contributed by atoms with Gasteiger partial charge in [0.2, 0.25) is 5.96 Å². The number of anilines is 1. The molecule has 32 heavy (non-hydrogen) atoms. The maximum absolute atomic E-state index is 12.8. The van der Waals surface area contributed by atoms with Crippen molar-refractivity contribution in [3.05, 3.63) is 89.7 Å². The maximum atomic E-state index is 12.8. The first-order valence-corrected chi connectivity index (χ1v) is 9.78. The number of nitrogens with one attached hydrogen (secondary N) is 2. The highest BCUT2D eigenvalue weighted by atomic mass is 19.4. The molecule has 6 nitrogen and oxygen atoms in total. The van der Waals surface area contributed by atoms with Gasteiger partial charge in [0, 0.05) is 11.8 Å². The van der Waals surface area contributed by atoms with E-state index in [9.17, 15) is 18.0 Å². The molecule has 0 unspecified atom stereocenters. The fraction of sp³-hybridized carbons (Fsp3) is 0.174. The number of alkyl halides is 3. The lowest BCUT2D eigenvalue weighted by Gasteiger charge is -2.15. The molecule has 166 valence electrons. The minimum atomic E-state index is -4.48. The molecule has 0 spiro atoms. The SMILES string of the molecule is CCOc1ccccc1NC(=NCc1ccccn1)NC(=O)c1ccc(C(F)(F)F)cc1. The molecule has 9 heteroatoms. The van der Waals surface area contributed by atoms with Gasteiger partial charge in [-0.1, -0.05) is 18.2 Å². The zero-order valence-electron chi connectivity index (χ0n) is 17.2. The van der Waals surface area contributed by atoms with Gasteiger partial charge in [0.15, 0.2) is 0 Å². The summed E-state index contributed by atoms with van der Waals surface area (Å²) in [5, 5.41) is 5.64. The van der Waals surface area contributed by atoms with E-state index in [0.717, 1.165) is 24.3 Å². The number of aliphatic imine (C=N–C) groups is 1. The van der Waals surface area contributed by atoms with E-state index in [0.29, 0.717) is 23.7 Å². The summed E-state index contributed by atoms with van der Waals surface area (Å²) >= 11 is 0. The number of rotatable bonds is 6. The van der Waals surface area contributed by atoms with Crippen LogP contribution in [-0.2, 0) is 12.7 Å². The first-order chi connectivity index (χ1) is 15.4. The molecule has 0 atom stereocenters. The quantitative estimate of drug-likeness (QED) is 0.421. The van der Waals surface area contributed by atoms with Crippen molar-refractivity contribution in [1.29, 1.82) is 0 Å². The summed E-state index contributed by atoms with van der Waals surface area (Å²) in [4.78, 5) is 21.3. The summed E-state index contributed by atoms with van der Waals surface area (Å²) in [6, 6.07) is 16.4. The number of amides is 1. The van der Waals surface area contributed by atoms with Crippen LogP contribution in [-0.4, -0.2) is 23.5 Å². The standard InChI is InChI=1S/C23H21F3N4O2/c1-2-32-20-9-4-3-8-19(20)29-22(28-15-18-7-5-6-14-27-18)30-21(31)16-10-12-17(13-11-16)23(24,25)26/h3-14H,2,15H2,1H3,(H2,28,29,30,31). The van der Waals surface area contributed by atoms with Gasteiger partial charge < -0.3 is 10.1 Å². The Balaban J connectivity index is 1.83. The van der Waals surface area contributed by atoms with E-state index in [-0.39, 0.29) is 18.1 Å². The van der Waals surface area contributed by atoms with Crippen LogP contribution in [0.15, 0.2) is 77.9 Å². The lowest BCUT2D eigenvalue weighted by molar-refractivity contribution is -0.137. The number of guanidine groups is 1. The number of aromatic nitrogens is 1. The van der Waals surface area contributed by atoms with Crippen molar-refractivity contribution >= 4 is 17.6 Å². The van der Waals surface area contributed by atoms with E-state index in [1.165, 1.54) is 0 Å². The fourth-order valence-electron chi connectivity index (χ4n) is 2.73. The molecule has 0 saturated heterocycles. The fourth-order valence-corrected chi connectivity index (χ4v) is 2.73. The monoisotopic (exact) mass is 442 g/mol. The predicted octanol–water partition coefficient (Wildman–Crippen LogP) is 4.90. The van der Waals surface area contributed by atoms with Crippen LogP contribution >= 0.6 is 0 Å². The molecule has 3 aromatic rings. The van der Waals surface area contributed by atoms with Gasteiger partial charge in [-0.2, -0.15) is 13.2 Å². The van der Waals surface area contributed by atoms with E-state index in [1.54, 1.807) is 36.5 Å². The third-order valence-corrected chi connectivity index (χ3v) is 4.27. The van der Waals surface area contributed by atoms with E-state index in [4.69, 9.17) is 4.74 Å². The van der Waals surface area contributed by atoms with E-state index in [1.807, 2.05) is 19.1 Å². The van der Waals surface area contributed by atoms with Crippen LogP contribution in [0.1, 0.15) is 28.5 Å². The summed E-state index contributed by atoms with van der Waals surface area (Å²) in [7, 11) is 0. The van der Waals surface area contributed by atoms with Gasteiger partial charge in [-0.15, -0.1) is 0 Å². The number of carbonyl (C=O) groups is 1. The Morgan fingerprint density at radius 1 is 1.03 bits per heavy atom. The van der Waals surface area contributed by atoms with Gasteiger partial charge in [-0.05, 0) is 55.5 Å². The maximum Gasteiger partial charge on any atom is 0.416 e. The van der Waals surface area contributed by atoms with Crippen LogP contribution in [0.2, 0.25) is 0 Å². The van der Waals surface area contributed by atoms with Crippen LogP contribution in [0.4, 0.5) is 18.9 Å². The zero-order chi connectivity index (χ0) is 23.0. The van der Waals surface area contributed by atoms with Crippen molar-refractivity contribution in [3.8, 4) is 5.75 Å². The topological polar surface area (TPSA) is 75.6 Å². The molecular weight excluding hydrogens is 421 g/mol. The highest BCUT2D eigenvalue weighted by Crippen LogP contribution is 2.29. The Hall–Kier alpha value is -3.88. The number of hydrogen-bond donors (Lipinski definition) is 2. The highest BCUT2D eigenvalue weighted by molar-refractivity contribution is 6.10. The Morgan fingerprint density at radius 2 is 1.75 bits per heavy atom. The number of nitrogens with zero attached hydrogens (tertiary/aromatic N) is 2. The van der Waals surface area contributed by atoms with Crippen molar-refractivity contribution < 1.29 is 22.7 Å². The molecule has 0 saturated carbocycles. The molecule has 1 aromatic heterocycles. The van der Waals surface area contributed by atoms with Crippen LogP contribution in [0.25, 0.3) is 0 Å². The van der Waals surface area contributed by atoms with Crippen molar-refractivity contribution in [3.63, 3.8) is 0 Å². The van der Waals surface area contributed by atoms with E-state index in [2.05, 4.69) is 20.6 Å². The normalized spacial score (nSPS) is 11.7. The van der Waals surface area contributed by atoms with Crippen molar-refractivity contribution in [1.82, 2.24) is 10.3 Å². The number of ether oxygens (including phenoxy) is 1. The molecule has 0 bridgehead atoms. The Bertz CT molecular complexity index is 1070. The molecule has 0 aliphatic carbocycles. The van der Waals surface area contributed by atoms with Gasteiger partial charge in [-0.25, -0.2) is 4.99 Å². The zero-order valence-corrected chi connectivity index (χ0v) is 17.2. The van der Waals surface area contributed by atoms with Crippen molar-refractivity contribution in [2.45, 2.75) is 19.6 Å². The van der Waals surface area contributed by atoms with Crippen molar-refractivity contribution in [2.75, 3.05) is 11.9 Å². The largest absolute Gasteiger partial charge is 0.492 e.